The largest absolute Gasteiger partial charge is 0.351 e. The van der Waals surface area contributed by atoms with E-state index in [1.165, 1.54) is 31.0 Å². The van der Waals surface area contributed by atoms with Crippen LogP contribution in [0.2, 0.25) is 0 Å². The maximum atomic E-state index is 13.7. The fourth-order valence-corrected chi connectivity index (χ4v) is 2.07. The highest BCUT2D eigenvalue weighted by molar-refractivity contribution is 5.94. The molecule has 112 valence electrons. The van der Waals surface area contributed by atoms with Gasteiger partial charge in [-0.25, -0.2) is 4.39 Å². The lowest BCUT2D eigenvalue weighted by atomic mass is 10.1. The predicted molar refractivity (Wildman–Crippen MR) is 80.3 cm³/mol. The molecule has 0 atom stereocenters. The van der Waals surface area contributed by atoms with Gasteiger partial charge in [0.1, 0.15) is 5.82 Å². The van der Waals surface area contributed by atoms with E-state index in [1.807, 2.05) is 7.05 Å². The van der Waals surface area contributed by atoms with E-state index < -0.39 is 11.7 Å². The van der Waals surface area contributed by atoms with E-state index in [-0.39, 0.29) is 12.1 Å². The van der Waals surface area contributed by atoms with Gasteiger partial charge in [-0.3, -0.25) is 4.79 Å². The second-order valence-electron chi connectivity index (χ2n) is 5.17. The Hall–Kier alpha value is -1.90. The number of nitrogens with two attached hydrogens (primary N) is 1. The SMILES string of the molecule is CN(CCNC(=O)c1cc(C#CCN)ccc1F)C1CC1. The Bertz CT molecular complexity index is 573. The van der Waals surface area contributed by atoms with Crippen molar-refractivity contribution in [2.24, 2.45) is 5.73 Å². The summed E-state index contributed by atoms with van der Waals surface area (Å²) in [5.41, 5.74) is 5.90. The van der Waals surface area contributed by atoms with Crippen molar-refractivity contribution in [1.29, 1.82) is 0 Å². The number of amides is 1. The Balaban J connectivity index is 1.93. The maximum absolute atomic E-state index is 13.7. The van der Waals surface area contributed by atoms with Crippen LogP contribution in [0, 0.1) is 17.7 Å². The topological polar surface area (TPSA) is 58.4 Å². The van der Waals surface area contributed by atoms with Gasteiger partial charge in [-0.15, -0.1) is 0 Å². The third kappa shape index (κ3) is 4.55. The van der Waals surface area contributed by atoms with Gasteiger partial charge in [-0.2, -0.15) is 0 Å². The number of carbonyl (C=O) groups is 1. The van der Waals surface area contributed by atoms with E-state index in [4.69, 9.17) is 5.73 Å². The van der Waals surface area contributed by atoms with Gasteiger partial charge in [-0.1, -0.05) is 11.8 Å². The van der Waals surface area contributed by atoms with Crippen LogP contribution in [0.25, 0.3) is 0 Å². The molecule has 0 spiro atoms. The summed E-state index contributed by atoms with van der Waals surface area (Å²) in [7, 11) is 2.04. The van der Waals surface area contributed by atoms with Gasteiger partial charge >= 0.3 is 0 Å². The van der Waals surface area contributed by atoms with Crippen molar-refractivity contribution in [2.45, 2.75) is 18.9 Å². The van der Waals surface area contributed by atoms with Crippen LogP contribution in [0.5, 0.6) is 0 Å². The number of halogens is 1. The van der Waals surface area contributed by atoms with Crippen molar-refractivity contribution in [3.8, 4) is 11.8 Å². The number of rotatable bonds is 5. The summed E-state index contributed by atoms with van der Waals surface area (Å²) in [5, 5.41) is 2.74. The monoisotopic (exact) mass is 289 g/mol. The fraction of sp³-hybridized carbons (Fsp3) is 0.438. The van der Waals surface area contributed by atoms with Crippen LogP contribution in [0.4, 0.5) is 4.39 Å². The summed E-state index contributed by atoms with van der Waals surface area (Å²) >= 11 is 0. The van der Waals surface area contributed by atoms with Gasteiger partial charge in [-0.05, 0) is 38.1 Å². The number of benzene rings is 1. The van der Waals surface area contributed by atoms with Crippen molar-refractivity contribution < 1.29 is 9.18 Å². The lowest BCUT2D eigenvalue weighted by molar-refractivity contribution is 0.0945. The molecule has 1 amide bonds. The maximum Gasteiger partial charge on any atom is 0.254 e. The zero-order chi connectivity index (χ0) is 15.2. The highest BCUT2D eigenvalue weighted by atomic mass is 19.1. The first kappa shape index (κ1) is 15.5. The average Bonchev–Trinajstić information content (AvgIpc) is 3.30. The van der Waals surface area contributed by atoms with Crippen molar-refractivity contribution in [1.82, 2.24) is 10.2 Å². The molecule has 2 rings (SSSR count). The summed E-state index contributed by atoms with van der Waals surface area (Å²) in [4.78, 5) is 14.2. The van der Waals surface area contributed by atoms with E-state index in [1.54, 1.807) is 0 Å². The minimum atomic E-state index is -0.540. The van der Waals surface area contributed by atoms with Crippen LogP contribution in [-0.2, 0) is 0 Å². The first-order valence-electron chi connectivity index (χ1n) is 7.08. The molecule has 1 aliphatic carbocycles. The normalized spacial score (nSPS) is 13.7. The molecule has 3 N–H and O–H groups in total. The smallest absolute Gasteiger partial charge is 0.254 e. The van der Waals surface area contributed by atoms with E-state index in [2.05, 4.69) is 22.1 Å². The van der Waals surface area contributed by atoms with Gasteiger partial charge in [0.05, 0.1) is 12.1 Å². The van der Waals surface area contributed by atoms with Gasteiger partial charge in [0.2, 0.25) is 0 Å². The molecule has 0 aliphatic heterocycles. The van der Waals surface area contributed by atoms with E-state index in [0.717, 1.165) is 6.54 Å². The predicted octanol–water partition coefficient (Wildman–Crippen LogP) is 0.960. The molecular formula is C16H20FN3O. The van der Waals surface area contributed by atoms with Crippen LogP contribution in [0.1, 0.15) is 28.8 Å². The number of hydrogen-bond donors (Lipinski definition) is 2. The summed E-state index contributed by atoms with van der Waals surface area (Å²) < 4.78 is 13.7. The number of hydrogen-bond acceptors (Lipinski definition) is 3. The van der Waals surface area contributed by atoms with Crippen molar-refractivity contribution in [3.05, 3.63) is 35.1 Å². The molecule has 4 nitrogen and oxygen atoms in total. The third-order valence-electron chi connectivity index (χ3n) is 3.47. The van der Waals surface area contributed by atoms with E-state index >= 15 is 0 Å². The molecule has 0 heterocycles. The van der Waals surface area contributed by atoms with Crippen LogP contribution in [0.3, 0.4) is 0 Å². The molecule has 0 saturated heterocycles. The van der Waals surface area contributed by atoms with Gasteiger partial charge in [0, 0.05) is 24.7 Å². The number of nitrogens with one attached hydrogen (secondary N) is 1. The lowest BCUT2D eigenvalue weighted by Crippen LogP contribution is -2.34. The minimum absolute atomic E-state index is 0.0212. The molecular weight excluding hydrogens is 269 g/mol. The number of likely N-dealkylation sites (N-methyl/N-ethyl adjacent to an activating group) is 1. The lowest BCUT2D eigenvalue weighted by Gasteiger charge is -2.15. The van der Waals surface area contributed by atoms with Crippen LogP contribution < -0.4 is 11.1 Å². The molecule has 0 unspecified atom stereocenters. The first-order valence-corrected chi connectivity index (χ1v) is 7.08. The van der Waals surface area contributed by atoms with Crippen molar-refractivity contribution in [2.75, 3.05) is 26.7 Å². The zero-order valence-electron chi connectivity index (χ0n) is 12.2. The minimum Gasteiger partial charge on any atom is -0.351 e. The standard InChI is InChI=1S/C16H20FN3O/c1-20(13-5-6-13)10-9-19-16(21)14-11-12(3-2-8-18)4-7-15(14)17/h4,7,11,13H,5-6,8-10,18H2,1H3,(H,19,21). The zero-order valence-corrected chi connectivity index (χ0v) is 12.2. The molecule has 0 aromatic heterocycles. The van der Waals surface area contributed by atoms with Gasteiger partial charge in [0.15, 0.2) is 0 Å². The Kier molecular flexibility index (Phi) is 5.32. The van der Waals surface area contributed by atoms with Crippen LogP contribution in [-0.4, -0.2) is 43.5 Å². The summed E-state index contributed by atoms with van der Waals surface area (Å²) in [5.74, 6) is 4.53. The van der Waals surface area contributed by atoms with E-state index in [0.29, 0.717) is 18.2 Å². The van der Waals surface area contributed by atoms with Crippen molar-refractivity contribution >= 4 is 5.91 Å². The van der Waals surface area contributed by atoms with Crippen LogP contribution >= 0.6 is 0 Å². The molecule has 1 saturated carbocycles. The van der Waals surface area contributed by atoms with E-state index in [9.17, 15) is 9.18 Å². The Morgan fingerprint density at radius 3 is 2.95 bits per heavy atom. The third-order valence-corrected chi connectivity index (χ3v) is 3.47. The highest BCUT2D eigenvalue weighted by Gasteiger charge is 2.25. The van der Waals surface area contributed by atoms with Gasteiger partial charge in [0.25, 0.3) is 5.91 Å². The second-order valence-corrected chi connectivity index (χ2v) is 5.17. The number of carbonyl (C=O) groups excluding carboxylic acids is 1. The molecule has 0 radical (unpaired) electrons. The Morgan fingerprint density at radius 2 is 2.29 bits per heavy atom. The van der Waals surface area contributed by atoms with Crippen LogP contribution in [0.15, 0.2) is 18.2 Å². The Labute approximate surface area is 124 Å². The van der Waals surface area contributed by atoms with Gasteiger partial charge < -0.3 is 16.0 Å². The fourth-order valence-electron chi connectivity index (χ4n) is 2.07. The average molecular weight is 289 g/mol. The molecule has 21 heavy (non-hydrogen) atoms. The molecule has 0 bridgehead atoms. The first-order chi connectivity index (χ1) is 10.1. The summed E-state index contributed by atoms with van der Waals surface area (Å²) in [6, 6.07) is 4.90. The summed E-state index contributed by atoms with van der Waals surface area (Å²) in [6.45, 7) is 1.50. The molecule has 1 fully saturated rings. The molecule has 1 aromatic rings. The summed E-state index contributed by atoms with van der Waals surface area (Å²) in [6.07, 6.45) is 2.45. The Morgan fingerprint density at radius 1 is 1.52 bits per heavy atom. The quantitative estimate of drug-likeness (QED) is 0.794. The molecule has 1 aliphatic rings. The molecule has 5 heteroatoms. The molecule has 1 aromatic carbocycles. The number of nitrogens with zero attached hydrogens (tertiary/aromatic N) is 1. The van der Waals surface area contributed by atoms with Crippen molar-refractivity contribution in [3.63, 3.8) is 0 Å². The second kappa shape index (κ2) is 7.21. The highest BCUT2D eigenvalue weighted by Crippen LogP contribution is 2.24.